The van der Waals surface area contributed by atoms with E-state index in [9.17, 15) is 4.79 Å². The Kier molecular flexibility index (Phi) is 4.18. The fourth-order valence-corrected chi connectivity index (χ4v) is 3.08. The van der Waals surface area contributed by atoms with Crippen molar-refractivity contribution in [2.45, 2.75) is 32.4 Å². The topological polar surface area (TPSA) is 42.7 Å². The lowest BCUT2D eigenvalue weighted by atomic mass is 10.1. The van der Waals surface area contributed by atoms with Crippen LogP contribution in [-0.4, -0.2) is 23.4 Å². The van der Waals surface area contributed by atoms with Crippen LogP contribution in [0.5, 0.6) is 5.75 Å². The largest absolute Gasteiger partial charge is 0.486 e. The van der Waals surface area contributed by atoms with Crippen molar-refractivity contribution in [2.75, 3.05) is 6.54 Å². The zero-order valence-corrected chi connectivity index (χ0v) is 14.3. The summed E-state index contributed by atoms with van der Waals surface area (Å²) in [5.74, 6) is 1.81. The van der Waals surface area contributed by atoms with E-state index >= 15 is 0 Å². The summed E-state index contributed by atoms with van der Waals surface area (Å²) < 4.78 is 11.5. The number of benzene rings is 2. The molecular weight excluding hydrogens is 314 g/mol. The van der Waals surface area contributed by atoms with Crippen LogP contribution in [-0.2, 0) is 6.61 Å². The molecule has 25 heavy (non-hydrogen) atoms. The van der Waals surface area contributed by atoms with Crippen LogP contribution in [0.4, 0.5) is 0 Å². The number of hydrogen-bond acceptors (Lipinski definition) is 3. The summed E-state index contributed by atoms with van der Waals surface area (Å²) in [7, 11) is 0. The molecule has 0 radical (unpaired) electrons. The molecule has 0 atom stereocenters. The minimum atomic E-state index is -0.0260. The highest BCUT2D eigenvalue weighted by Gasteiger charge is 2.33. The molecule has 1 aliphatic rings. The van der Waals surface area contributed by atoms with Crippen molar-refractivity contribution in [3.8, 4) is 5.75 Å². The van der Waals surface area contributed by atoms with Gasteiger partial charge < -0.3 is 14.1 Å². The Labute approximate surface area is 147 Å². The maximum absolute atomic E-state index is 12.5. The molecule has 1 aliphatic carbocycles. The van der Waals surface area contributed by atoms with E-state index in [1.807, 2.05) is 48.2 Å². The molecule has 4 heteroatoms. The van der Waals surface area contributed by atoms with E-state index in [0.29, 0.717) is 30.7 Å². The predicted octanol–water partition coefficient (Wildman–Crippen LogP) is 4.64. The Bertz CT molecular complexity index is 895. The SMILES string of the molecule is CCN(C(=O)c1ccc(COc2ccc3ccccc3c2)o1)C1CC1. The lowest BCUT2D eigenvalue weighted by Crippen LogP contribution is -2.32. The normalized spacial score (nSPS) is 13.8. The molecule has 1 heterocycles. The number of carbonyl (C=O) groups is 1. The average molecular weight is 335 g/mol. The number of carbonyl (C=O) groups excluding carboxylic acids is 1. The lowest BCUT2D eigenvalue weighted by molar-refractivity contribution is 0.0716. The molecule has 4 rings (SSSR count). The average Bonchev–Trinajstić information content (AvgIpc) is 3.36. The van der Waals surface area contributed by atoms with Crippen molar-refractivity contribution in [3.05, 3.63) is 66.1 Å². The number of ether oxygens (including phenoxy) is 1. The summed E-state index contributed by atoms with van der Waals surface area (Å²) in [4.78, 5) is 14.4. The van der Waals surface area contributed by atoms with E-state index in [0.717, 1.165) is 24.0 Å². The summed E-state index contributed by atoms with van der Waals surface area (Å²) >= 11 is 0. The van der Waals surface area contributed by atoms with Gasteiger partial charge in [-0.3, -0.25) is 4.79 Å². The van der Waals surface area contributed by atoms with Gasteiger partial charge in [0.05, 0.1) is 0 Å². The van der Waals surface area contributed by atoms with Crippen molar-refractivity contribution >= 4 is 16.7 Å². The molecule has 0 unspecified atom stereocenters. The van der Waals surface area contributed by atoms with Gasteiger partial charge >= 0.3 is 0 Å². The number of furan rings is 1. The van der Waals surface area contributed by atoms with Gasteiger partial charge in [-0.1, -0.05) is 30.3 Å². The number of rotatable bonds is 6. The van der Waals surface area contributed by atoms with E-state index in [4.69, 9.17) is 9.15 Å². The lowest BCUT2D eigenvalue weighted by Gasteiger charge is -2.18. The van der Waals surface area contributed by atoms with Gasteiger partial charge in [-0.05, 0) is 54.8 Å². The first kappa shape index (κ1) is 15.8. The molecule has 0 aliphatic heterocycles. The van der Waals surface area contributed by atoms with Crippen molar-refractivity contribution in [3.63, 3.8) is 0 Å². The fraction of sp³-hybridized carbons (Fsp3) is 0.286. The number of amides is 1. The molecule has 1 aromatic heterocycles. The number of fused-ring (bicyclic) bond motifs is 1. The van der Waals surface area contributed by atoms with Crippen molar-refractivity contribution in [1.82, 2.24) is 4.90 Å². The number of nitrogens with zero attached hydrogens (tertiary/aromatic N) is 1. The Morgan fingerprint density at radius 2 is 1.92 bits per heavy atom. The van der Waals surface area contributed by atoms with Crippen LogP contribution in [0.2, 0.25) is 0 Å². The van der Waals surface area contributed by atoms with E-state index < -0.39 is 0 Å². The Balaban J connectivity index is 1.42. The van der Waals surface area contributed by atoms with Gasteiger partial charge in [0.25, 0.3) is 5.91 Å². The van der Waals surface area contributed by atoms with E-state index in [1.54, 1.807) is 6.07 Å². The summed E-state index contributed by atoms with van der Waals surface area (Å²) in [5, 5.41) is 2.32. The molecule has 0 saturated heterocycles. The third kappa shape index (κ3) is 3.38. The third-order valence-electron chi connectivity index (χ3n) is 4.56. The van der Waals surface area contributed by atoms with Gasteiger partial charge in [-0.15, -0.1) is 0 Å². The maximum atomic E-state index is 12.5. The second kappa shape index (κ2) is 6.63. The summed E-state index contributed by atoms with van der Waals surface area (Å²) in [6.07, 6.45) is 2.19. The highest BCUT2D eigenvalue weighted by Crippen LogP contribution is 2.28. The van der Waals surface area contributed by atoms with Crippen molar-refractivity contribution in [2.24, 2.45) is 0 Å². The van der Waals surface area contributed by atoms with Crippen LogP contribution in [0.25, 0.3) is 10.8 Å². The molecule has 4 nitrogen and oxygen atoms in total. The molecule has 0 spiro atoms. The highest BCUT2D eigenvalue weighted by molar-refractivity contribution is 5.92. The highest BCUT2D eigenvalue weighted by atomic mass is 16.5. The van der Waals surface area contributed by atoms with Gasteiger partial charge in [-0.25, -0.2) is 0 Å². The van der Waals surface area contributed by atoms with E-state index in [1.165, 1.54) is 5.39 Å². The van der Waals surface area contributed by atoms with Crippen LogP contribution in [0.1, 0.15) is 36.1 Å². The predicted molar refractivity (Wildman–Crippen MR) is 96.7 cm³/mol. The van der Waals surface area contributed by atoms with Crippen LogP contribution in [0, 0.1) is 0 Å². The second-order valence-corrected chi connectivity index (χ2v) is 6.39. The standard InChI is InChI=1S/C21H21NO3/c1-2-22(17-8-9-17)21(23)20-12-11-19(25-20)14-24-18-10-7-15-5-3-4-6-16(15)13-18/h3-7,10-13,17H,2,8-9,14H2,1H3. The Morgan fingerprint density at radius 3 is 2.68 bits per heavy atom. The van der Waals surface area contributed by atoms with Crippen LogP contribution in [0.15, 0.2) is 59.0 Å². The smallest absolute Gasteiger partial charge is 0.289 e. The quantitative estimate of drug-likeness (QED) is 0.659. The minimum Gasteiger partial charge on any atom is -0.486 e. The van der Waals surface area contributed by atoms with E-state index in [2.05, 4.69) is 12.1 Å². The molecule has 0 bridgehead atoms. The van der Waals surface area contributed by atoms with Gasteiger partial charge in [0.2, 0.25) is 0 Å². The first-order valence-corrected chi connectivity index (χ1v) is 8.76. The van der Waals surface area contributed by atoms with Gasteiger partial charge in [0, 0.05) is 12.6 Å². The third-order valence-corrected chi connectivity index (χ3v) is 4.56. The fourth-order valence-electron chi connectivity index (χ4n) is 3.08. The molecule has 128 valence electrons. The summed E-state index contributed by atoms with van der Waals surface area (Å²) in [5.41, 5.74) is 0. The van der Waals surface area contributed by atoms with Crippen LogP contribution < -0.4 is 4.74 Å². The monoisotopic (exact) mass is 335 g/mol. The first-order valence-electron chi connectivity index (χ1n) is 8.76. The zero-order valence-electron chi connectivity index (χ0n) is 14.3. The Morgan fingerprint density at radius 1 is 1.12 bits per heavy atom. The van der Waals surface area contributed by atoms with Crippen LogP contribution >= 0.6 is 0 Å². The minimum absolute atomic E-state index is 0.0260. The van der Waals surface area contributed by atoms with Crippen LogP contribution in [0.3, 0.4) is 0 Å². The zero-order chi connectivity index (χ0) is 17.2. The molecule has 2 aromatic carbocycles. The maximum Gasteiger partial charge on any atom is 0.289 e. The molecule has 1 amide bonds. The van der Waals surface area contributed by atoms with Crippen molar-refractivity contribution < 1.29 is 13.9 Å². The first-order chi connectivity index (χ1) is 12.2. The Hall–Kier alpha value is -2.75. The van der Waals surface area contributed by atoms with E-state index in [-0.39, 0.29) is 5.91 Å². The summed E-state index contributed by atoms with van der Waals surface area (Å²) in [6, 6.07) is 18.1. The summed E-state index contributed by atoms with van der Waals surface area (Å²) in [6.45, 7) is 3.03. The molecule has 0 N–H and O–H groups in total. The van der Waals surface area contributed by atoms with Gasteiger partial charge in [0.1, 0.15) is 18.1 Å². The second-order valence-electron chi connectivity index (χ2n) is 6.39. The molecule has 1 fully saturated rings. The van der Waals surface area contributed by atoms with Crippen molar-refractivity contribution in [1.29, 1.82) is 0 Å². The molecule has 1 saturated carbocycles. The molecule has 3 aromatic rings. The molecular formula is C21H21NO3. The van der Waals surface area contributed by atoms with Gasteiger partial charge in [0.15, 0.2) is 5.76 Å². The number of hydrogen-bond donors (Lipinski definition) is 0. The van der Waals surface area contributed by atoms with Gasteiger partial charge in [-0.2, -0.15) is 0 Å².